The van der Waals surface area contributed by atoms with Gasteiger partial charge in [0.15, 0.2) is 23.0 Å². The Balaban J connectivity index is 1.61. The average Bonchev–Trinajstić information content (AvgIpc) is 3.17. The van der Waals surface area contributed by atoms with E-state index in [4.69, 9.17) is 18.9 Å². The third kappa shape index (κ3) is 5.57. The van der Waals surface area contributed by atoms with E-state index in [0.717, 1.165) is 12.1 Å². The summed E-state index contributed by atoms with van der Waals surface area (Å²) in [4.78, 5) is 13.4. The number of hydrogen-bond donors (Lipinski definition) is 1. The van der Waals surface area contributed by atoms with Crippen LogP contribution < -0.4 is 5.32 Å². The quantitative estimate of drug-likeness (QED) is 0.586. The Bertz CT molecular complexity index is 1150. The van der Waals surface area contributed by atoms with Crippen LogP contribution in [0.1, 0.15) is 50.3 Å². The summed E-state index contributed by atoms with van der Waals surface area (Å²) < 4.78 is 51.8. The van der Waals surface area contributed by atoms with Gasteiger partial charge >= 0.3 is 0 Å². The van der Waals surface area contributed by atoms with Crippen LogP contribution in [0.5, 0.6) is 0 Å². The molecule has 0 aromatic heterocycles. The molecule has 1 aliphatic carbocycles. The van der Waals surface area contributed by atoms with Crippen molar-refractivity contribution >= 4 is 5.91 Å². The van der Waals surface area contributed by atoms with Crippen molar-refractivity contribution in [2.45, 2.75) is 76.5 Å². The van der Waals surface area contributed by atoms with Crippen LogP contribution in [-0.4, -0.2) is 42.2 Å². The molecule has 1 heterocycles. The molecule has 2 aromatic rings. The largest absolute Gasteiger partial charge is 0.371 e. The number of likely N-dealkylation sites (N-methyl/N-ethyl adjacent to an activating group) is 1. The van der Waals surface area contributed by atoms with Gasteiger partial charge in [0.1, 0.15) is 6.10 Å². The minimum atomic E-state index is -1.32. The predicted molar refractivity (Wildman–Crippen MR) is 125 cm³/mol. The van der Waals surface area contributed by atoms with Gasteiger partial charge < -0.3 is 24.3 Å². The van der Waals surface area contributed by atoms with Gasteiger partial charge in [0.05, 0.1) is 37.1 Å². The molecule has 1 saturated heterocycles. The summed E-state index contributed by atoms with van der Waals surface area (Å²) in [6.45, 7) is 5.81. The highest BCUT2D eigenvalue weighted by atomic mass is 19.2. The number of benzene rings is 2. The lowest BCUT2D eigenvalue weighted by Gasteiger charge is -2.43. The van der Waals surface area contributed by atoms with Gasteiger partial charge in [-0.25, -0.2) is 8.78 Å². The number of nitrogens with one attached hydrogen (secondary N) is 1. The fourth-order valence-electron chi connectivity index (χ4n) is 4.83. The molecule has 9 heteroatoms. The number of hydrogen-bond acceptors (Lipinski definition) is 6. The van der Waals surface area contributed by atoms with Crippen molar-refractivity contribution in [2.75, 3.05) is 6.54 Å². The van der Waals surface area contributed by atoms with Crippen LogP contribution in [-0.2, 0) is 37.0 Å². The highest BCUT2D eigenvalue weighted by Crippen LogP contribution is 2.44. The zero-order chi connectivity index (χ0) is 25.9. The Hall–Kier alpha value is -2.90. The van der Waals surface area contributed by atoms with Crippen molar-refractivity contribution in [3.05, 3.63) is 70.8 Å². The normalized spacial score (nSPS) is 26.7. The van der Waals surface area contributed by atoms with Crippen molar-refractivity contribution in [2.24, 2.45) is 0 Å². The molecule has 0 unspecified atom stereocenters. The maximum atomic E-state index is 13.7. The SMILES string of the molecule is CCNC(=O)[C@@]1(OCc2ccccc2C#N)C[C@@H](OCc2ccc(F)c(F)c2)[C@@H]2OC(C)(C)O[C@@H]2C1. The van der Waals surface area contributed by atoms with E-state index < -0.39 is 41.3 Å². The summed E-state index contributed by atoms with van der Waals surface area (Å²) in [5.74, 6) is -3.11. The molecule has 2 fully saturated rings. The highest BCUT2D eigenvalue weighted by molar-refractivity contribution is 5.85. The molecule has 4 atom stereocenters. The first-order valence-electron chi connectivity index (χ1n) is 12.0. The Morgan fingerprint density at radius 1 is 1.14 bits per heavy atom. The monoisotopic (exact) mass is 500 g/mol. The Labute approximate surface area is 209 Å². The molecular weight excluding hydrogens is 470 g/mol. The lowest BCUT2D eigenvalue weighted by atomic mass is 9.78. The number of carbonyl (C=O) groups excluding carboxylic acids is 1. The topological polar surface area (TPSA) is 89.8 Å². The number of nitriles is 1. The second kappa shape index (κ2) is 10.6. The molecular formula is C27H30F2N2O5. The lowest BCUT2D eigenvalue weighted by molar-refractivity contribution is -0.183. The van der Waals surface area contributed by atoms with Gasteiger partial charge in [-0.15, -0.1) is 0 Å². The number of rotatable bonds is 8. The lowest BCUT2D eigenvalue weighted by Crippen LogP contribution is -2.60. The van der Waals surface area contributed by atoms with E-state index >= 15 is 0 Å². The van der Waals surface area contributed by atoms with Gasteiger partial charge in [-0.2, -0.15) is 5.26 Å². The Kier molecular flexibility index (Phi) is 7.71. The molecule has 192 valence electrons. The molecule has 1 N–H and O–H groups in total. The third-order valence-corrected chi connectivity index (χ3v) is 6.49. The van der Waals surface area contributed by atoms with Gasteiger partial charge in [-0.3, -0.25) is 4.79 Å². The first kappa shape index (κ1) is 26.2. The standard InChI is InChI=1S/C27H30F2N2O5/c1-4-31-25(32)27(34-16-19-8-6-5-7-18(19)14-30)12-22(24-23(13-27)35-26(2,3)36-24)33-15-17-9-10-20(28)21(29)11-17/h5-11,22-24H,4,12-13,15-16H2,1-3H3,(H,31,32)/t22-,23-,24+,27-/m1/s1. The Morgan fingerprint density at radius 2 is 1.92 bits per heavy atom. The van der Waals surface area contributed by atoms with Crippen LogP contribution in [0.15, 0.2) is 42.5 Å². The maximum Gasteiger partial charge on any atom is 0.252 e. The summed E-state index contributed by atoms with van der Waals surface area (Å²) in [5, 5.41) is 12.3. The van der Waals surface area contributed by atoms with Crippen molar-refractivity contribution < 1.29 is 32.5 Å². The molecule has 1 saturated carbocycles. The number of carbonyl (C=O) groups is 1. The second-order valence-corrected chi connectivity index (χ2v) is 9.56. The van der Waals surface area contributed by atoms with Crippen LogP contribution in [0.3, 0.4) is 0 Å². The first-order valence-corrected chi connectivity index (χ1v) is 12.0. The zero-order valence-corrected chi connectivity index (χ0v) is 20.6. The molecule has 0 spiro atoms. The highest BCUT2D eigenvalue weighted by Gasteiger charge is 2.58. The summed E-state index contributed by atoms with van der Waals surface area (Å²) >= 11 is 0. The van der Waals surface area contributed by atoms with Gasteiger partial charge in [0, 0.05) is 19.4 Å². The molecule has 2 aromatic carbocycles. The smallest absolute Gasteiger partial charge is 0.252 e. The van der Waals surface area contributed by atoms with Crippen molar-refractivity contribution in [1.29, 1.82) is 5.26 Å². The number of ether oxygens (including phenoxy) is 4. The van der Waals surface area contributed by atoms with E-state index in [1.54, 1.807) is 38.1 Å². The molecule has 1 aliphatic heterocycles. The molecule has 0 radical (unpaired) electrons. The minimum absolute atomic E-state index is 0.0163. The molecule has 2 aliphatic rings. The van der Waals surface area contributed by atoms with Gasteiger partial charge in [0.25, 0.3) is 5.91 Å². The molecule has 0 bridgehead atoms. The van der Waals surface area contributed by atoms with E-state index in [-0.39, 0.29) is 32.0 Å². The summed E-state index contributed by atoms with van der Waals surface area (Å²) in [5.41, 5.74) is 0.253. The van der Waals surface area contributed by atoms with Crippen LogP contribution in [0.25, 0.3) is 0 Å². The number of nitrogens with zero attached hydrogens (tertiary/aromatic N) is 1. The van der Waals surface area contributed by atoms with Crippen LogP contribution in [0, 0.1) is 23.0 Å². The van der Waals surface area contributed by atoms with Crippen LogP contribution in [0.4, 0.5) is 8.78 Å². The van der Waals surface area contributed by atoms with E-state index in [1.807, 2.05) is 6.92 Å². The first-order chi connectivity index (χ1) is 17.2. The summed E-state index contributed by atoms with van der Waals surface area (Å²) in [7, 11) is 0. The molecule has 1 amide bonds. The second-order valence-electron chi connectivity index (χ2n) is 9.56. The number of fused-ring (bicyclic) bond motifs is 1. The van der Waals surface area contributed by atoms with Crippen LogP contribution in [0.2, 0.25) is 0 Å². The third-order valence-electron chi connectivity index (χ3n) is 6.49. The average molecular weight is 501 g/mol. The minimum Gasteiger partial charge on any atom is -0.371 e. The van der Waals surface area contributed by atoms with Crippen molar-refractivity contribution in [3.8, 4) is 6.07 Å². The van der Waals surface area contributed by atoms with E-state index in [9.17, 15) is 18.8 Å². The van der Waals surface area contributed by atoms with Crippen molar-refractivity contribution in [1.82, 2.24) is 5.32 Å². The van der Waals surface area contributed by atoms with Gasteiger partial charge in [-0.05, 0) is 50.1 Å². The van der Waals surface area contributed by atoms with Crippen molar-refractivity contribution in [3.63, 3.8) is 0 Å². The molecule has 4 rings (SSSR count). The number of amides is 1. The van der Waals surface area contributed by atoms with Crippen LogP contribution >= 0.6 is 0 Å². The fourth-order valence-corrected chi connectivity index (χ4v) is 4.83. The molecule has 7 nitrogen and oxygen atoms in total. The molecule has 36 heavy (non-hydrogen) atoms. The number of halogens is 2. The van der Waals surface area contributed by atoms with E-state index in [0.29, 0.717) is 23.2 Å². The zero-order valence-electron chi connectivity index (χ0n) is 20.6. The van der Waals surface area contributed by atoms with Gasteiger partial charge in [0.2, 0.25) is 0 Å². The summed E-state index contributed by atoms with van der Waals surface area (Å²) in [6, 6.07) is 12.8. The fraction of sp³-hybridized carbons (Fsp3) is 0.481. The Morgan fingerprint density at radius 3 is 2.64 bits per heavy atom. The predicted octanol–water partition coefficient (Wildman–Crippen LogP) is 4.13. The maximum absolute atomic E-state index is 13.7. The van der Waals surface area contributed by atoms with E-state index in [2.05, 4.69) is 11.4 Å². The van der Waals surface area contributed by atoms with E-state index in [1.165, 1.54) is 6.07 Å². The van der Waals surface area contributed by atoms with Gasteiger partial charge in [-0.1, -0.05) is 24.3 Å². The summed E-state index contributed by atoms with van der Waals surface area (Å²) in [6.07, 6.45) is -1.24.